The second kappa shape index (κ2) is 7.55. The number of amides is 1. The van der Waals surface area contributed by atoms with E-state index in [1.807, 2.05) is 0 Å². The maximum Gasteiger partial charge on any atom is 0.372 e. The van der Waals surface area contributed by atoms with Gasteiger partial charge in [-0.15, -0.1) is 0 Å². The Hall–Kier alpha value is -1.86. The Bertz CT molecular complexity index is 430. The van der Waals surface area contributed by atoms with Crippen LogP contribution in [0.5, 0.6) is 0 Å². The third kappa shape index (κ3) is 4.72. The molecule has 1 heterocycles. The summed E-state index contributed by atoms with van der Waals surface area (Å²) in [6.45, 7) is 2.83. The predicted molar refractivity (Wildman–Crippen MR) is 66.9 cm³/mol. The molecule has 1 aromatic heterocycles. The Kier molecular flexibility index (Phi) is 6.04. The van der Waals surface area contributed by atoms with E-state index in [2.05, 4.69) is 10.6 Å². The maximum absolute atomic E-state index is 11.6. The summed E-state index contributed by atoms with van der Waals surface area (Å²) in [7, 11) is 1.56. The highest BCUT2D eigenvalue weighted by Crippen LogP contribution is 2.10. The number of hydrogen-bond acceptors (Lipinski definition) is 5. The molecule has 0 aliphatic carbocycles. The minimum absolute atomic E-state index is 0.112. The number of carbonyl (C=O) groups excluding carboxylic acids is 1. The van der Waals surface area contributed by atoms with E-state index in [-0.39, 0.29) is 18.2 Å². The number of carboxylic acid groups (broad SMARTS) is 1. The fourth-order valence-corrected chi connectivity index (χ4v) is 1.45. The molecular formula is C12H18N2O5. The molecule has 0 saturated carbocycles. The molecular weight excluding hydrogens is 252 g/mol. The number of nitrogens with one attached hydrogen (secondary N) is 2. The predicted octanol–water partition coefficient (Wildman–Crippen LogP) is 0.219. The van der Waals surface area contributed by atoms with E-state index >= 15 is 0 Å². The van der Waals surface area contributed by atoms with Gasteiger partial charge in [0.1, 0.15) is 0 Å². The summed E-state index contributed by atoms with van der Waals surface area (Å²) >= 11 is 0. The zero-order valence-electron chi connectivity index (χ0n) is 10.9. The Labute approximate surface area is 110 Å². The minimum Gasteiger partial charge on any atom is -0.475 e. The Morgan fingerprint density at radius 1 is 1.53 bits per heavy atom. The number of furan rings is 1. The second-order valence-electron chi connectivity index (χ2n) is 3.97. The van der Waals surface area contributed by atoms with E-state index in [1.54, 1.807) is 20.1 Å². The highest BCUT2D eigenvalue weighted by Gasteiger charge is 2.16. The van der Waals surface area contributed by atoms with Crippen LogP contribution in [0.4, 0.5) is 0 Å². The molecule has 0 radical (unpaired) electrons. The van der Waals surface area contributed by atoms with Crippen LogP contribution >= 0.6 is 0 Å². The lowest BCUT2D eigenvalue weighted by Crippen LogP contribution is -2.42. The van der Waals surface area contributed by atoms with Gasteiger partial charge in [0.2, 0.25) is 11.7 Å². The average Bonchev–Trinajstić information content (AvgIpc) is 2.84. The van der Waals surface area contributed by atoms with Crippen LogP contribution in [0.1, 0.15) is 23.0 Å². The number of carbonyl (C=O) groups is 2. The molecule has 0 aliphatic rings. The van der Waals surface area contributed by atoms with Crippen LogP contribution in [-0.4, -0.2) is 43.3 Å². The van der Waals surface area contributed by atoms with Gasteiger partial charge in [0.05, 0.1) is 18.9 Å². The van der Waals surface area contributed by atoms with Crippen molar-refractivity contribution < 1.29 is 23.8 Å². The minimum atomic E-state index is -1.13. The average molecular weight is 270 g/mol. The summed E-state index contributed by atoms with van der Waals surface area (Å²) in [5.41, 5.74) is 0.504. The number of rotatable bonds is 8. The first-order valence-corrected chi connectivity index (χ1v) is 5.86. The lowest BCUT2D eigenvalue weighted by atomic mass is 10.2. The Balaban J connectivity index is 2.41. The van der Waals surface area contributed by atoms with Gasteiger partial charge in [0, 0.05) is 25.8 Å². The van der Waals surface area contributed by atoms with Gasteiger partial charge in [0.15, 0.2) is 0 Å². The van der Waals surface area contributed by atoms with Crippen molar-refractivity contribution in [3.63, 3.8) is 0 Å². The lowest BCUT2D eigenvalue weighted by Gasteiger charge is -2.13. The van der Waals surface area contributed by atoms with Gasteiger partial charge in [0.25, 0.3) is 0 Å². The standard InChI is InChI=1S/C12H18N2O5/c1-8(11(15)13-4-6-18-2)14-7-9-3-5-19-10(9)12(16)17/h3,5,8,14H,4,6-7H2,1-2H3,(H,13,15)(H,16,17). The van der Waals surface area contributed by atoms with E-state index in [9.17, 15) is 9.59 Å². The zero-order valence-corrected chi connectivity index (χ0v) is 10.9. The molecule has 19 heavy (non-hydrogen) atoms. The van der Waals surface area contributed by atoms with E-state index in [0.29, 0.717) is 18.7 Å². The molecule has 7 heteroatoms. The van der Waals surface area contributed by atoms with Crippen molar-refractivity contribution in [2.24, 2.45) is 0 Å². The quantitative estimate of drug-likeness (QED) is 0.584. The summed E-state index contributed by atoms with van der Waals surface area (Å²) in [6, 6.07) is 1.12. The van der Waals surface area contributed by atoms with Crippen molar-refractivity contribution >= 4 is 11.9 Å². The molecule has 0 aromatic carbocycles. The molecule has 0 fully saturated rings. The lowest BCUT2D eigenvalue weighted by molar-refractivity contribution is -0.122. The van der Waals surface area contributed by atoms with Crippen LogP contribution in [0, 0.1) is 0 Å². The third-order valence-corrected chi connectivity index (χ3v) is 2.54. The van der Waals surface area contributed by atoms with Crippen LogP contribution in [0.2, 0.25) is 0 Å². The number of ether oxygens (including phenoxy) is 1. The monoisotopic (exact) mass is 270 g/mol. The fourth-order valence-electron chi connectivity index (χ4n) is 1.45. The summed E-state index contributed by atoms with van der Waals surface area (Å²) in [6.07, 6.45) is 1.31. The number of hydrogen-bond donors (Lipinski definition) is 3. The first kappa shape index (κ1) is 15.2. The number of aromatic carboxylic acids is 1. The normalized spacial score (nSPS) is 12.1. The molecule has 7 nitrogen and oxygen atoms in total. The summed E-state index contributed by atoms with van der Waals surface area (Å²) in [5, 5.41) is 14.5. The van der Waals surface area contributed by atoms with Crippen molar-refractivity contribution in [1.29, 1.82) is 0 Å². The number of carboxylic acids is 1. The molecule has 106 valence electrons. The van der Waals surface area contributed by atoms with Crippen LogP contribution in [0.15, 0.2) is 16.7 Å². The first-order chi connectivity index (χ1) is 9.06. The topological polar surface area (TPSA) is 101 Å². The van der Waals surface area contributed by atoms with E-state index in [4.69, 9.17) is 14.3 Å². The SMILES string of the molecule is COCCNC(=O)C(C)NCc1ccoc1C(=O)O. The number of methoxy groups -OCH3 is 1. The molecule has 1 amide bonds. The van der Waals surface area contributed by atoms with Gasteiger partial charge in [-0.3, -0.25) is 4.79 Å². The van der Waals surface area contributed by atoms with Gasteiger partial charge >= 0.3 is 5.97 Å². The van der Waals surface area contributed by atoms with E-state index in [1.165, 1.54) is 6.26 Å². The highest BCUT2D eigenvalue weighted by atomic mass is 16.5. The molecule has 1 unspecified atom stereocenters. The van der Waals surface area contributed by atoms with Gasteiger partial charge in [-0.2, -0.15) is 0 Å². The van der Waals surface area contributed by atoms with Gasteiger partial charge in [-0.05, 0) is 13.0 Å². The molecule has 1 rings (SSSR count). The molecule has 0 aliphatic heterocycles. The largest absolute Gasteiger partial charge is 0.475 e. The Morgan fingerprint density at radius 3 is 2.89 bits per heavy atom. The van der Waals surface area contributed by atoms with E-state index < -0.39 is 12.0 Å². The highest BCUT2D eigenvalue weighted by molar-refractivity contribution is 5.86. The maximum atomic E-state index is 11.6. The Morgan fingerprint density at radius 2 is 2.26 bits per heavy atom. The van der Waals surface area contributed by atoms with Crippen LogP contribution in [0.3, 0.4) is 0 Å². The van der Waals surface area contributed by atoms with Gasteiger partial charge in [-0.1, -0.05) is 0 Å². The van der Waals surface area contributed by atoms with Gasteiger partial charge in [-0.25, -0.2) is 4.79 Å². The van der Waals surface area contributed by atoms with Crippen molar-refractivity contribution in [2.75, 3.05) is 20.3 Å². The molecule has 0 spiro atoms. The summed E-state index contributed by atoms with van der Waals surface area (Å²) < 4.78 is 9.66. The van der Waals surface area contributed by atoms with Crippen molar-refractivity contribution in [3.05, 3.63) is 23.7 Å². The zero-order chi connectivity index (χ0) is 14.3. The second-order valence-corrected chi connectivity index (χ2v) is 3.97. The van der Waals surface area contributed by atoms with Crippen LogP contribution in [0.25, 0.3) is 0 Å². The molecule has 0 bridgehead atoms. The summed E-state index contributed by atoms with van der Waals surface area (Å²) in [4.78, 5) is 22.4. The van der Waals surface area contributed by atoms with Crippen molar-refractivity contribution in [1.82, 2.24) is 10.6 Å². The first-order valence-electron chi connectivity index (χ1n) is 5.86. The fraction of sp³-hybridized carbons (Fsp3) is 0.500. The van der Waals surface area contributed by atoms with Crippen molar-refractivity contribution in [3.8, 4) is 0 Å². The van der Waals surface area contributed by atoms with Crippen LogP contribution in [-0.2, 0) is 16.1 Å². The summed E-state index contributed by atoms with van der Waals surface area (Å²) in [5.74, 6) is -1.41. The smallest absolute Gasteiger partial charge is 0.372 e. The van der Waals surface area contributed by atoms with Crippen LogP contribution < -0.4 is 10.6 Å². The van der Waals surface area contributed by atoms with Gasteiger partial charge < -0.3 is 24.9 Å². The van der Waals surface area contributed by atoms with Crippen molar-refractivity contribution in [2.45, 2.75) is 19.5 Å². The molecule has 0 saturated heterocycles. The molecule has 3 N–H and O–H groups in total. The van der Waals surface area contributed by atoms with E-state index in [0.717, 1.165) is 0 Å². The third-order valence-electron chi connectivity index (χ3n) is 2.54. The molecule has 1 atom stereocenters. The molecule has 1 aromatic rings.